The highest BCUT2D eigenvalue weighted by atomic mass is 35.5. The summed E-state index contributed by atoms with van der Waals surface area (Å²) in [6.45, 7) is 4.89. The van der Waals surface area contributed by atoms with Gasteiger partial charge in [0, 0.05) is 12.2 Å². The highest BCUT2D eigenvalue weighted by Gasteiger charge is 2.06. The number of amides is 1. The molecule has 0 saturated carbocycles. The lowest BCUT2D eigenvalue weighted by Crippen LogP contribution is -2.11. The Morgan fingerprint density at radius 3 is 2.50 bits per heavy atom. The Hall–Kier alpha value is -2.00. The number of hydrogen-bond acceptors (Lipinski definition) is 2. The summed E-state index contributed by atoms with van der Waals surface area (Å²) >= 11 is 6.01. The van der Waals surface area contributed by atoms with Crippen molar-refractivity contribution in [2.45, 2.75) is 20.4 Å². The lowest BCUT2D eigenvalue weighted by Gasteiger charge is -2.10. The van der Waals surface area contributed by atoms with E-state index < -0.39 is 5.91 Å². The third kappa shape index (κ3) is 3.31. The maximum Gasteiger partial charge on any atom is 0.250 e. The van der Waals surface area contributed by atoms with Gasteiger partial charge in [-0.2, -0.15) is 0 Å². The van der Waals surface area contributed by atoms with Gasteiger partial charge in [-0.1, -0.05) is 29.8 Å². The van der Waals surface area contributed by atoms with Gasteiger partial charge >= 0.3 is 0 Å². The van der Waals surface area contributed by atoms with Crippen LogP contribution in [0.4, 0.5) is 5.69 Å². The van der Waals surface area contributed by atoms with Gasteiger partial charge in [0.25, 0.3) is 0 Å². The van der Waals surface area contributed by atoms with Crippen molar-refractivity contribution in [3.63, 3.8) is 0 Å². The smallest absolute Gasteiger partial charge is 0.250 e. The number of primary amides is 1. The van der Waals surface area contributed by atoms with Gasteiger partial charge in [0.1, 0.15) is 0 Å². The number of benzene rings is 2. The first-order chi connectivity index (χ1) is 9.47. The predicted octanol–water partition coefficient (Wildman–Crippen LogP) is 3.67. The molecule has 20 heavy (non-hydrogen) atoms. The number of carbonyl (C=O) groups excluding carboxylic acids is 1. The Kier molecular flexibility index (Phi) is 4.30. The molecular weight excluding hydrogens is 272 g/mol. The number of rotatable bonds is 4. The molecule has 0 spiro atoms. The Bertz CT molecular complexity index is 653. The van der Waals surface area contributed by atoms with Gasteiger partial charge in [0.15, 0.2) is 0 Å². The van der Waals surface area contributed by atoms with Crippen LogP contribution in [0, 0.1) is 13.8 Å². The van der Waals surface area contributed by atoms with Gasteiger partial charge < -0.3 is 11.1 Å². The molecule has 0 radical (unpaired) electrons. The monoisotopic (exact) mass is 288 g/mol. The van der Waals surface area contributed by atoms with Gasteiger partial charge in [-0.05, 0) is 48.7 Å². The van der Waals surface area contributed by atoms with Crippen molar-refractivity contribution >= 4 is 23.2 Å². The summed E-state index contributed by atoms with van der Waals surface area (Å²) in [6, 6.07) is 11.5. The lowest BCUT2D eigenvalue weighted by molar-refractivity contribution is 0.100. The standard InChI is InChI=1S/C16H17ClN2O/c1-10-3-4-12(7-11(10)2)9-19-13-5-6-14(16(18)20)15(17)8-13/h3-8,19H,9H2,1-2H3,(H2,18,20). The fourth-order valence-corrected chi connectivity index (χ4v) is 2.22. The van der Waals surface area contributed by atoms with E-state index in [4.69, 9.17) is 17.3 Å². The first-order valence-corrected chi connectivity index (χ1v) is 6.74. The molecule has 0 heterocycles. The normalized spacial score (nSPS) is 10.3. The molecule has 0 aliphatic heterocycles. The molecule has 3 nitrogen and oxygen atoms in total. The lowest BCUT2D eigenvalue weighted by atomic mass is 10.1. The van der Waals surface area contributed by atoms with Crippen LogP contribution in [0.25, 0.3) is 0 Å². The van der Waals surface area contributed by atoms with Crippen molar-refractivity contribution in [3.8, 4) is 0 Å². The summed E-state index contributed by atoms with van der Waals surface area (Å²) in [5.74, 6) is -0.518. The van der Waals surface area contributed by atoms with E-state index >= 15 is 0 Å². The van der Waals surface area contributed by atoms with E-state index in [0.717, 1.165) is 5.69 Å². The minimum atomic E-state index is -0.518. The van der Waals surface area contributed by atoms with E-state index in [0.29, 0.717) is 17.1 Å². The molecular formula is C16H17ClN2O. The van der Waals surface area contributed by atoms with Crippen LogP contribution in [0.2, 0.25) is 5.02 Å². The number of aryl methyl sites for hydroxylation is 2. The van der Waals surface area contributed by atoms with Crippen LogP contribution in [0.15, 0.2) is 36.4 Å². The third-order valence-corrected chi connectivity index (χ3v) is 3.62. The molecule has 0 aliphatic rings. The van der Waals surface area contributed by atoms with Crippen molar-refractivity contribution in [3.05, 3.63) is 63.7 Å². The topological polar surface area (TPSA) is 55.1 Å². The average Bonchev–Trinajstić information content (AvgIpc) is 2.40. The van der Waals surface area contributed by atoms with E-state index in [1.807, 2.05) is 0 Å². The molecule has 0 aliphatic carbocycles. The fourth-order valence-electron chi connectivity index (χ4n) is 1.94. The molecule has 0 saturated heterocycles. The van der Waals surface area contributed by atoms with Crippen LogP contribution in [0.1, 0.15) is 27.0 Å². The van der Waals surface area contributed by atoms with Crippen molar-refractivity contribution < 1.29 is 4.79 Å². The number of halogens is 1. The van der Waals surface area contributed by atoms with Crippen LogP contribution in [-0.2, 0) is 6.54 Å². The van der Waals surface area contributed by atoms with Gasteiger partial charge in [0.2, 0.25) is 5.91 Å². The minimum Gasteiger partial charge on any atom is -0.381 e. The quantitative estimate of drug-likeness (QED) is 0.902. The predicted molar refractivity (Wildman–Crippen MR) is 83.2 cm³/mol. The number of nitrogens with two attached hydrogens (primary N) is 1. The number of anilines is 1. The second-order valence-electron chi connectivity index (χ2n) is 4.83. The zero-order chi connectivity index (χ0) is 14.7. The molecule has 1 amide bonds. The van der Waals surface area contributed by atoms with E-state index in [2.05, 4.69) is 37.4 Å². The molecule has 0 aromatic heterocycles. The van der Waals surface area contributed by atoms with Gasteiger partial charge in [0.05, 0.1) is 10.6 Å². The SMILES string of the molecule is Cc1ccc(CNc2ccc(C(N)=O)c(Cl)c2)cc1C. The van der Waals surface area contributed by atoms with E-state index in [1.54, 1.807) is 18.2 Å². The molecule has 3 N–H and O–H groups in total. The van der Waals surface area contributed by atoms with E-state index in [1.165, 1.54) is 16.7 Å². The van der Waals surface area contributed by atoms with Crippen LogP contribution in [-0.4, -0.2) is 5.91 Å². The zero-order valence-electron chi connectivity index (χ0n) is 11.5. The maximum absolute atomic E-state index is 11.1. The van der Waals surface area contributed by atoms with E-state index in [-0.39, 0.29) is 0 Å². The second-order valence-corrected chi connectivity index (χ2v) is 5.24. The number of hydrogen-bond donors (Lipinski definition) is 2. The fraction of sp³-hybridized carbons (Fsp3) is 0.188. The van der Waals surface area contributed by atoms with Gasteiger partial charge in [-0.25, -0.2) is 0 Å². The highest BCUT2D eigenvalue weighted by Crippen LogP contribution is 2.21. The van der Waals surface area contributed by atoms with Crippen LogP contribution in [0.3, 0.4) is 0 Å². The molecule has 0 bridgehead atoms. The molecule has 2 aromatic rings. The second kappa shape index (κ2) is 5.97. The molecule has 0 unspecified atom stereocenters. The Morgan fingerprint density at radius 1 is 1.15 bits per heavy atom. The summed E-state index contributed by atoms with van der Waals surface area (Å²) in [5, 5.41) is 3.64. The molecule has 2 aromatic carbocycles. The maximum atomic E-state index is 11.1. The Labute approximate surface area is 123 Å². The highest BCUT2D eigenvalue weighted by molar-refractivity contribution is 6.34. The summed E-state index contributed by atoms with van der Waals surface area (Å²) in [7, 11) is 0. The van der Waals surface area contributed by atoms with Crippen molar-refractivity contribution in [1.29, 1.82) is 0 Å². The van der Waals surface area contributed by atoms with Crippen molar-refractivity contribution in [2.75, 3.05) is 5.32 Å². The van der Waals surface area contributed by atoms with Crippen LogP contribution < -0.4 is 11.1 Å². The third-order valence-electron chi connectivity index (χ3n) is 3.30. The largest absolute Gasteiger partial charge is 0.381 e. The van der Waals surface area contributed by atoms with Gasteiger partial charge in [-0.3, -0.25) is 4.79 Å². The van der Waals surface area contributed by atoms with Crippen molar-refractivity contribution in [1.82, 2.24) is 0 Å². The summed E-state index contributed by atoms with van der Waals surface area (Å²) < 4.78 is 0. The Balaban J connectivity index is 2.09. The zero-order valence-corrected chi connectivity index (χ0v) is 12.3. The molecule has 4 heteroatoms. The molecule has 0 fully saturated rings. The Morgan fingerprint density at radius 2 is 1.90 bits per heavy atom. The average molecular weight is 289 g/mol. The van der Waals surface area contributed by atoms with Crippen LogP contribution >= 0.6 is 11.6 Å². The molecule has 0 atom stereocenters. The molecule has 2 rings (SSSR count). The first kappa shape index (κ1) is 14.4. The first-order valence-electron chi connectivity index (χ1n) is 6.36. The number of nitrogens with one attached hydrogen (secondary N) is 1. The van der Waals surface area contributed by atoms with Crippen LogP contribution in [0.5, 0.6) is 0 Å². The summed E-state index contributed by atoms with van der Waals surface area (Å²) in [5.41, 5.74) is 10.2. The summed E-state index contributed by atoms with van der Waals surface area (Å²) in [6.07, 6.45) is 0. The number of carbonyl (C=O) groups is 1. The summed E-state index contributed by atoms with van der Waals surface area (Å²) in [4.78, 5) is 11.1. The van der Waals surface area contributed by atoms with Crippen molar-refractivity contribution in [2.24, 2.45) is 5.73 Å². The molecule has 104 valence electrons. The minimum absolute atomic E-state index is 0.336. The van der Waals surface area contributed by atoms with E-state index in [9.17, 15) is 4.79 Å². The van der Waals surface area contributed by atoms with Gasteiger partial charge in [-0.15, -0.1) is 0 Å².